The van der Waals surface area contributed by atoms with Crippen LogP contribution in [0.1, 0.15) is 114 Å². The Kier molecular flexibility index (Phi) is 8.24. The summed E-state index contributed by atoms with van der Waals surface area (Å²) in [6, 6.07) is 0. The summed E-state index contributed by atoms with van der Waals surface area (Å²) in [5.74, 6) is -1.09. The number of ketones is 2. The van der Waals surface area contributed by atoms with Gasteiger partial charge < -0.3 is 19.7 Å². The van der Waals surface area contributed by atoms with E-state index in [0.717, 1.165) is 24.8 Å². The first kappa shape index (κ1) is 32.8. The van der Waals surface area contributed by atoms with Crippen LogP contribution in [-0.4, -0.2) is 57.6 Å². The fourth-order valence-corrected chi connectivity index (χ4v) is 10.3. The van der Waals surface area contributed by atoms with Crippen LogP contribution in [-0.2, 0) is 28.7 Å². The smallest absolute Gasteiger partial charge is 0.303 e. The fourth-order valence-electron chi connectivity index (χ4n) is 10.3. The molecule has 4 rings (SSSR count). The zero-order valence-corrected chi connectivity index (χ0v) is 27.3. The zero-order valence-electron chi connectivity index (χ0n) is 27.3. The van der Waals surface area contributed by atoms with Gasteiger partial charge in [-0.25, -0.2) is 0 Å². The van der Waals surface area contributed by atoms with Crippen LogP contribution in [0.3, 0.4) is 0 Å². The second-order valence-electron chi connectivity index (χ2n) is 15.7. The van der Waals surface area contributed by atoms with E-state index in [1.807, 2.05) is 6.92 Å². The number of rotatable bonds is 7. The van der Waals surface area contributed by atoms with Crippen molar-refractivity contribution >= 4 is 23.5 Å². The summed E-state index contributed by atoms with van der Waals surface area (Å²) >= 11 is 0. The lowest BCUT2D eigenvalue weighted by molar-refractivity contribution is -0.208. The molecule has 0 bridgehead atoms. The number of fused-ring (bicyclic) bond motifs is 5. The predicted molar refractivity (Wildman–Crippen MR) is 157 cm³/mol. The molecule has 0 aromatic carbocycles. The number of carbonyl (C=O) groups excluding carboxylic acids is 4. The standard InChI is InChI=1S/C34H52O8/c1-18(15-24(41-19(2)35)29(31(6,7)40)42-20(3)36)27-21-16-22(37)28-32(8)13-12-26(39)30(4,5)25(32)11-14-33(28,9)34(21,10)17-23(27)38/h18,22,24-25,28-29,37,40H,11-17H2,1-10H3/t18-,22+,24+,25?,28+,29-,32+,33+,34+/m1/s1. The lowest BCUT2D eigenvalue weighted by atomic mass is 9.36. The Balaban J connectivity index is 1.74. The van der Waals surface area contributed by atoms with Gasteiger partial charge >= 0.3 is 11.9 Å². The number of aliphatic hydroxyl groups excluding tert-OH is 1. The topological polar surface area (TPSA) is 127 Å². The molecular weight excluding hydrogens is 536 g/mol. The van der Waals surface area contributed by atoms with Gasteiger partial charge in [0.1, 0.15) is 11.9 Å². The van der Waals surface area contributed by atoms with Gasteiger partial charge in [-0.15, -0.1) is 0 Å². The average molecular weight is 589 g/mol. The molecular formula is C34H52O8. The van der Waals surface area contributed by atoms with Crippen LogP contribution in [0.15, 0.2) is 11.1 Å². The average Bonchev–Trinajstić information content (AvgIpc) is 3.09. The van der Waals surface area contributed by atoms with E-state index in [9.17, 15) is 29.4 Å². The van der Waals surface area contributed by atoms with E-state index in [4.69, 9.17) is 9.47 Å². The molecule has 3 saturated carbocycles. The van der Waals surface area contributed by atoms with Gasteiger partial charge in [-0.2, -0.15) is 0 Å². The molecule has 4 aliphatic carbocycles. The van der Waals surface area contributed by atoms with Crippen molar-refractivity contribution in [1.29, 1.82) is 0 Å². The van der Waals surface area contributed by atoms with Gasteiger partial charge in [-0.05, 0) is 80.1 Å². The SMILES string of the molecule is CC(=O)O[C@@H](C[C@@H](C)C1=C2C[C@H](O)[C@H]3[C@@]4(C)CCC(=O)C(C)(C)C4CC[C@]3(C)[C@@]2(C)CC1=O)[C@@H](OC(C)=O)C(C)(C)O. The minimum Gasteiger partial charge on any atom is -0.458 e. The van der Waals surface area contributed by atoms with Gasteiger partial charge in [0.05, 0.1) is 11.7 Å². The highest BCUT2D eigenvalue weighted by molar-refractivity contribution is 6.00. The third-order valence-electron chi connectivity index (χ3n) is 12.2. The maximum atomic E-state index is 13.9. The molecule has 0 spiro atoms. The summed E-state index contributed by atoms with van der Waals surface area (Å²) in [7, 11) is 0. The van der Waals surface area contributed by atoms with Crippen molar-refractivity contribution in [2.45, 2.75) is 138 Å². The van der Waals surface area contributed by atoms with Crippen LogP contribution >= 0.6 is 0 Å². The molecule has 42 heavy (non-hydrogen) atoms. The molecule has 0 heterocycles. The van der Waals surface area contributed by atoms with Gasteiger partial charge in [0, 0.05) is 37.5 Å². The summed E-state index contributed by atoms with van der Waals surface area (Å²) < 4.78 is 11.1. The maximum Gasteiger partial charge on any atom is 0.303 e. The number of hydrogen-bond acceptors (Lipinski definition) is 8. The number of hydrogen-bond donors (Lipinski definition) is 2. The Morgan fingerprint density at radius 3 is 2.17 bits per heavy atom. The van der Waals surface area contributed by atoms with Crippen molar-refractivity contribution in [3.8, 4) is 0 Å². The van der Waals surface area contributed by atoms with Crippen molar-refractivity contribution in [2.24, 2.45) is 39.4 Å². The first-order valence-electron chi connectivity index (χ1n) is 15.7. The van der Waals surface area contributed by atoms with Crippen molar-refractivity contribution in [3.63, 3.8) is 0 Å². The van der Waals surface area contributed by atoms with Gasteiger partial charge in [0.15, 0.2) is 11.9 Å². The van der Waals surface area contributed by atoms with Crippen LogP contribution in [0, 0.1) is 39.4 Å². The van der Waals surface area contributed by atoms with Crippen molar-refractivity contribution in [1.82, 2.24) is 0 Å². The third kappa shape index (κ3) is 4.98. The van der Waals surface area contributed by atoms with Crippen LogP contribution in [0.2, 0.25) is 0 Å². The molecule has 2 N–H and O–H groups in total. The van der Waals surface area contributed by atoms with Crippen LogP contribution < -0.4 is 0 Å². The van der Waals surface area contributed by atoms with E-state index in [0.29, 0.717) is 30.6 Å². The third-order valence-corrected chi connectivity index (χ3v) is 12.2. The van der Waals surface area contributed by atoms with E-state index in [2.05, 4.69) is 34.6 Å². The van der Waals surface area contributed by atoms with E-state index < -0.39 is 46.7 Å². The number of aliphatic hydroxyl groups is 2. The fraction of sp³-hybridized carbons (Fsp3) is 0.824. The molecule has 0 aromatic rings. The molecule has 0 saturated heterocycles. The molecule has 1 unspecified atom stereocenters. The summed E-state index contributed by atoms with van der Waals surface area (Å²) in [6.45, 7) is 18.2. The lowest BCUT2D eigenvalue weighted by Crippen LogP contribution is -2.65. The van der Waals surface area contributed by atoms with Crippen LogP contribution in [0.5, 0.6) is 0 Å². The molecule has 0 aromatic heterocycles. The normalized spacial score (nSPS) is 38.1. The predicted octanol–water partition coefficient (Wildman–Crippen LogP) is 5.12. The summed E-state index contributed by atoms with van der Waals surface area (Å²) in [4.78, 5) is 50.9. The van der Waals surface area contributed by atoms with Crippen molar-refractivity contribution in [2.75, 3.05) is 0 Å². The number of ether oxygens (including phenoxy) is 2. The molecule has 0 amide bonds. The number of esters is 2. The summed E-state index contributed by atoms with van der Waals surface area (Å²) in [5.41, 5.74) is -1.32. The van der Waals surface area contributed by atoms with Gasteiger partial charge in [-0.1, -0.05) is 47.1 Å². The summed E-state index contributed by atoms with van der Waals surface area (Å²) in [5, 5.41) is 22.8. The number of carbonyl (C=O) groups is 4. The monoisotopic (exact) mass is 588 g/mol. The minimum atomic E-state index is -1.50. The highest BCUT2D eigenvalue weighted by Gasteiger charge is 2.70. The molecule has 3 fully saturated rings. The Bertz CT molecular complexity index is 1190. The summed E-state index contributed by atoms with van der Waals surface area (Å²) in [6.07, 6.45) is 1.13. The quantitative estimate of drug-likeness (QED) is 0.393. The van der Waals surface area contributed by atoms with Crippen molar-refractivity contribution in [3.05, 3.63) is 11.1 Å². The van der Waals surface area contributed by atoms with Gasteiger partial charge in [0.25, 0.3) is 0 Å². The minimum absolute atomic E-state index is 0.0365. The second-order valence-corrected chi connectivity index (χ2v) is 15.7. The van der Waals surface area contributed by atoms with Crippen LogP contribution in [0.4, 0.5) is 0 Å². The Morgan fingerprint density at radius 1 is 1.02 bits per heavy atom. The lowest BCUT2D eigenvalue weighted by Gasteiger charge is -2.68. The molecule has 4 aliphatic rings. The Labute approximate surface area is 251 Å². The zero-order chi connectivity index (χ0) is 31.8. The van der Waals surface area contributed by atoms with Gasteiger partial charge in [0.2, 0.25) is 0 Å². The molecule has 0 radical (unpaired) electrons. The van der Waals surface area contributed by atoms with E-state index in [1.165, 1.54) is 27.7 Å². The molecule has 8 nitrogen and oxygen atoms in total. The maximum absolute atomic E-state index is 13.9. The number of Topliss-reactive ketones (excluding diaryl/α,β-unsaturated/α-hetero) is 2. The first-order valence-corrected chi connectivity index (χ1v) is 15.7. The molecule has 8 heteroatoms. The molecule has 236 valence electrons. The van der Waals surface area contributed by atoms with Crippen LogP contribution in [0.25, 0.3) is 0 Å². The molecule has 9 atom stereocenters. The largest absolute Gasteiger partial charge is 0.458 e. The van der Waals surface area contributed by atoms with E-state index >= 15 is 0 Å². The van der Waals surface area contributed by atoms with Gasteiger partial charge in [-0.3, -0.25) is 19.2 Å². The number of allylic oxidation sites excluding steroid dienone is 1. The van der Waals surface area contributed by atoms with Crippen molar-refractivity contribution < 1.29 is 38.9 Å². The Hall–Kier alpha value is -2.06. The molecule has 0 aliphatic heterocycles. The van der Waals surface area contributed by atoms with E-state index in [-0.39, 0.29) is 40.8 Å². The first-order chi connectivity index (χ1) is 19.1. The van der Waals surface area contributed by atoms with E-state index in [1.54, 1.807) is 0 Å². The Morgan fingerprint density at radius 2 is 1.62 bits per heavy atom. The second kappa shape index (κ2) is 10.5. The highest BCUT2D eigenvalue weighted by atomic mass is 16.6. The highest BCUT2D eigenvalue weighted by Crippen LogP contribution is 2.73.